The van der Waals surface area contributed by atoms with E-state index < -0.39 is 17.3 Å². The third-order valence-corrected chi connectivity index (χ3v) is 3.74. The highest BCUT2D eigenvalue weighted by molar-refractivity contribution is 5.69. The molecule has 1 aromatic carbocycles. The second kappa shape index (κ2) is 6.64. The van der Waals surface area contributed by atoms with Gasteiger partial charge in [-0.05, 0) is 22.1 Å². The van der Waals surface area contributed by atoms with E-state index in [9.17, 15) is 14.6 Å². The molecule has 5 heteroatoms. The molecule has 0 aliphatic carbocycles. The lowest BCUT2D eigenvalue weighted by Crippen LogP contribution is -2.19. The van der Waals surface area contributed by atoms with Crippen LogP contribution in [0.2, 0.25) is 0 Å². The average Bonchev–Trinajstić information content (AvgIpc) is 2.53. The summed E-state index contributed by atoms with van der Waals surface area (Å²) in [7, 11) is 1.46. The Kier molecular flexibility index (Phi) is 5.02. The number of ether oxygens (including phenoxy) is 1. The lowest BCUT2D eigenvalue weighted by Gasteiger charge is -2.28. The zero-order valence-electron chi connectivity index (χ0n) is 13.8. The van der Waals surface area contributed by atoms with Crippen LogP contribution in [0.3, 0.4) is 0 Å². The molecule has 0 amide bonds. The minimum atomic E-state index is -0.817. The van der Waals surface area contributed by atoms with Crippen molar-refractivity contribution in [2.75, 3.05) is 7.11 Å². The van der Waals surface area contributed by atoms with E-state index in [1.165, 1.54) is 13.2 Å². The number of aromatic nitrogens is 1. The molecule has 2 N–H and O–H groups in total. The average molecular weight is 319 g/mol. The standard InChI is InChI=1S/C18H22FNO3/c1-18(2,3)17(22)14-7-11(10-21)5-6-12(14)13-8-16(23-4)20-9-15(13)19/h5-9,17,21-22H,10H2,1-4H3. The van der Waals surface area contributed by atoms with Crippen molar-refractivity contribution in [1.29, 1.82) is 0 Å². The molecule has 0 saturated carbocycles. The van der Waals surface area contributed by atoms with Gasteiger partial charge in [-0.2, -0.15) is 0 Å². The highest BCUT2D eigenvalue weighted by Gasteiger charge is 2.27. The Balaban J connectivity index is 2.67. The molecule has 0 saturated heterocycles. The number of hydrogen-bond donors (Lipinski definition) is 2. The number of aliphatic hydroxyl groups excluding tert-OH is 2. The van der Waals surface area contributed by atoms with Gasteiger partial charge in [-0.1, -0.05) is 39.0 Å². The van der Waals surface area contributed by atoms with Gasteiger partial charge in [-0.25, -0.2) is 9.37 Å². The van der Waals surface area contributed by atoms with Crippen LogP contribution in [-0.2, 0) is 6.61 Å². The monoisotopic (exact) mass is 319 g/mol. The van der Waals surface area contributed by atoms with Crippen LogP contribution in [0.25, 0.3) is 11.1 Å². The molecule has 0 radical (unpaired) electrons. The van der Waals surface area contributed by atoms with Gasteiger partial charge in [0.15, 0.2) is 0 Å². The SMILES string of the molecule is COc1cc(-c2ccc(CO)cc2C(O)C(C)(C)C)c(F)cn1. The first-order chi connectivity index (χ1) is 10.8. The van der Waals surface area contributed by atoms with Crippen LogP contribution in [0.1, 0.15) is 38.0 Å². The van der Waals surface area contributed by atoms with Crippen LogP contribution >= 0.6 is 0 Å². The van der Waals surface area contributed by atoms with E-state index in [1.807, 2.05) is 20.8 Å². The van der Waals surface area contributed by atoms with Crippen LogP contribution < -0.4 is 4.74 Å². The molecule has 0 bridgehead atoms. The molecule has 0 fully saturated rings. The molecule has 4 nitrogen and oxygen atoms in total. The highest BCUT2D eigenvalue weighted by Crippen LogP contribution is 2.39. The first kappa shape index (κ1) is 17.4. The van der Waals surface area contributed by atoms with Gasteiger partial charge in [0.1, 0.15) is 5.82 Å². The largest absolute Gasteiger partial charge is 0.481 e. The summed E-state index contributed by atoms with van der Waals surface area (Å²) < 4.78 is 19.3. The minimum absolute atomic E-state index is 0.147. The Hall–Kier alpha value is -1.98. The third kappa shape index (κ3) is 3.68. The summed E-state index contributed by atoms with van der Waals surface area (Å²) in [6.07, 6.45) is 0.282. The minimum Gasteiger partial charge on any atom is -0.481 e. The summed E-state index contributed by atoms with van der Waals surface area (Å²) in [6, 6.07) is 6.62. The summed E-state index contributed by atoms with van der Waals surface area (Å²) in [5.41, 5.74) is 1.66. The van der Waals surface area contributed by atoms with Crippen LogP contribution in [0.4, 0.5) is 4.39 Å². The topological polar surface area (TPSA) is 62.6 Å². The van der Waals surface area contributed by atoms with E-state index in [4.69, 9.17) is 4.74 Å². The molecule has 1 unspecified atom stereocenters. The molecule has 1 aromatic heterocycles. The maximum Gasteiger partial charge on any atom is 0.213 e. The molecule has 0 aliphatic rings. The van der Waals surface area contributed by atoms with Crippen LogP contribution in [-0.4, -0.2) is 22.3 Å². The maximum absolute atomic E-state index is 14.3. The lowest BCUT2D eigenvalue weighted by molar-refractivity contribution is 0.0630. The van der Waals surface area contributed by atoms with Crippen molar-refractivity contribution in [3.05, 3.63) is 47.4 Å². The number of methoxy groups -OCH3 is 1. The zero-order chi connectivity index (χ0) is 17.2. The van der Waals surface area contributed by atoms with Gasteiger partial charge in [-0.3, -0.25) is 0 Å². The van der Waals surface area contributed by atoms with Crippen LogP contribution in [0.15, 0.2) is 30.5 Å². The van der Waals surface area contributed by atoms with E-state index in [0.717, 1.165) is 6.20 Å². The first-order valence-electron chi connectivity index (χ1n) is 7.39. The fraction of sp³-hybridized carbons (Fsp3) is 0.389. The van der Waals surface area contributed by atoms with Crippen molar-refractivity contribution in [3.8, 4) is 17.0 Å². The molecule has 1 atom stereocenters. The fourth-order valence-electron chi connectivity index (χ4n) is 2.39. The molecule has 23 heavy (non-hydrogen) atoms. The number of rotatable bonds is 4. The summed E-state index contributed by atoms with van der Waals surface area (Å²) in [4.78, 5) is 3.84. The molecule has 2 aromatic rings. The predicted molar refractivity (Wildman–Crippen MR) is 86.5 cm³/mol. The Labute approximate surface area is 135 Å². The Bertz CT molecular complexity index is 695. The van der Waals surface area contributed by atoms with Crippen molar-refractivity contribution >= 4 is 0 Å². The number of hydrogen-bond acceptors (Lipinski definition) is 4. The molecular weight excluding hydrogens is 297 g/mol. The molecular formula is C18H22FNO3. The summed E-state index contributed by atoms with van der Waals surface area (Å²) in [5, 5.41) is 20.0. The highest BCUT2D eigenvalue weighted by atomic mass is 19.1. The van der Waals surface area contributed by atoms with Gasteiger partial charge in [0, 0.05) is 11.6 Å². The summed E-state index contributed by atoms with van der Waals surface area (Å²) in [6.45, 7) is 5.55. The Morgan fingerprint density at radius 2 is 1.91 bits per heavy atom. The predicted octanol–water partition coefficient (Wildman–Crippen LogP) is 3.47. The Morgan fingerprint density at radius 3 is 2.48 bits per heavy atom. The summed E-state index contributed by atoms with van der Waals surface area (Å²) >= 11 is 0. The van der Waals surface area contributed by atoms with Crippen molar-refractivity contribution in [3.63, 3.8) is 0 Å². The number of benzene rings is 1. The van der Waals surface area contributed by atoms with Crippen LogP contribution in [0, 0.1) is 11.2 Å². The molecule has 1 heterocycles. The number of aliphatic hydroxyl groups is 2. The van der Waals surface area contributed by atoms with E-state index >= 15 is 0 Å². The van der Waals surface area contributed by atoms with Crippen molar-refractivity contribution in [1.82, 2.24) is 4.98 Å². The smallest absolute Gasteiger partial charge is 0.213 e. The Morgan fingerprint density at radius 1 is 1.22 bits per heavy atom. The normalized spacial score (nSPS) is 13.0. The van der Waals surface area contributed by atoms with Crippen molar-refractivity contribution in [2.45, 2.75) is 33.5 Å². The zero-order valence-corrected chi connectivity index (χ0v) is 13.8. The van der Waals surface area contributed by atoms with Gasteiger partial charge < -0.3 is 14.9 Å². The van der Waals surface area contributed by atoms with Gasteiger partial charge in [-0.15, -0.1) is 0 Å². The van der Waals surface area contributed by atoms with Gasteiger partial charge in [0.2, 0.25) is 5.88 Å². The number of nitrogens with zero attached hydrogens (tertiary/aromatic N) is 1. The molecule has 2 rings (SSSR count). The van der Waals surface area contributed by atoms with Crippen molar-refractivity contribution in [2.24, 2.45) is 5.41 Å². The summed E-state index contributed by atoms with van der Waals surface area (Å²) in [5.74, 6) is -0.200. The molecule has 0 spiro atoms. The quantitative estimate of drug-likeness (QED) is 0.906. The molecule has 124 valence electrons. The second-order valence-corrected chi connectivity index (χ2v) is 6.55. The van der Waals surface area contributed by atoms with Gasteiger partial charge >= 0.3 is 0 Å². The molecule has 0 aliphatic heterocycles. The maximum atomic E-state index is 14.3. The lowest BCUT2D eigenvalue weighted by atomic mass is 9.81. The first-order valence-corrected chi connectivity index (χ1v) is 7.39. The van der Waals surface area contributed by atoms with E-state index in [2.05, 4.69) is 4.98 Å². The van der Waals surface area contributed by atoms with Gasteiger partial charge in [0.25, 0.3) is 0 Å². The number of halogens is 1. The van der Waals surface area contributed by atoms with Gasteiger partial charge in [0.05, 0.1) is 26.0 Å². The van der Waals surface area contributed by atoms with E-state index in [1.54, 1.807) is 18.2 Å². The third-order valence-electron chi connectivity index (χ3n) is 3.74. The fourth-order valence-corrected chi connectivity index (χ4v) is 2.39. The van der Waals surface area contributed by atoms with E-state index in [0.29, 0.717) is 28.1 Å². The van der Waals surface area contributed by atoms with E-state index in [-0.39, 0.29) is 6.61 Å². The number of pyridine rings is 1. The van der Waals surface area contributed by atoms with Crippen molar-refractivity contribution < 1.29 is 19.3 Å². The van der Waals surface area contributed by atoms with Crippen LogP contribution in [0.5, 0.6) is 5.88 Å². The second-order valence-electron chi connectivity index (χ2n) is 6.55.